The molecule has 0 unspecified atom stereocenters. The van der Waals surface area contributed by atoms with Crippen molar-refractivity contribution in [1.82, 2.24) is 0 Å². The minimum Gasteiger partial charge on any atom is -0.397 e. The number of rotatable bonds is 1. The molecule has 0 heterocycles. The van der Waals surface area contributed by atoms with Gasteiger partial charge in [0.05, 0.1) is 16.8 Å². The molecular formula is C24H21N3. The van der Waals surface area contributed by atoms with Gasteiger partial charge in [0, 0.05) is 5.56 Å². The van der Waals surface area contributed by atoms with Crippen LogP contribution in [0.2, 0.25) is 0 Å². The highest BCUT2D eigenvalue weighted by atomic mass is 14.6. The van der Waals surface area contributed by atoms with E-state index in [1.165, 1.54) is 12.8 Å². The molecule has 4 rings (SSSR count). The van der Waals surface area contributed by atoms with Crippen LogP contribution in [-0.4, -0.2) is 0 Å². The highest BCUT2D eigenvalue weighted by molar-refractivity contribution is 6.00. The lowest BCUT2D eigenvalue weighted by Crippen LogP contribution is -2.10. The maximum absolute atomic E-state index is 9.94. The van der Waals surface area contributed by atoms with Crippen molar-refractivity contribution in [3.05, 3.63) is 64.7 Å². The second-order valence-electron chi connectivity index (χ2n) is 7.16. The second kappa shape index (κ2) is 7.14. The number of fused-ring (bicyclic) bond motifs is 2. The first-order chi connectivity index (χ1) is 13.3. The van der Waals surface area contributed by atoms with Crippen LogP contribution < -0.4 is 5.73 Å². The van der Waals surface area contributed by atoms with Crippen LogP contribution in [0.15, 0.2) is 42.5 Å². The number of nitrogens with zero attached hydrogens (tertiary/aromatic N) is 2. The summed E-state index contributed by atoms with van der Waals surface area (Å²) in [5.74, 6) is 0. The molecule has 0 radical (unpaired) electrons. The van der Waals surface area contributed by atoms with Crippen molar-refractivity contribution in [3.8, 4) is 23.3 Å². The Bertz CT molecular complexity index is 1110. The van der Waals surface area contributed by atoms with Crippen LogP contribution in [0.3, 0.4) is 0 Å². The number of nitriles is 2. The molecular weight excluding hydrogens is 330 g/mol. The molecule has 0 aliphatic heterocycles. The predicted octanol–water partition coefficient (Wildman–Crippen LogP) is 5.49. The summed E-state index contributed by atoms with van der Waals surface area (Å²) in [6.07, 6.45) is 6.23. The van der Waals surface area contributed by atoms with E-state index in [9.17, 15) is 10.5 Å². The predicted molar refractivity (Wildman–Crippen MR) is 109 cm³/mol. The van der Waals surface area contributed by atoms with E-state index in [0.29, 0.717) is 16.8 Å². The maximum atomic E-state index is 9.94. The molecule has 0 fully saturated rings. The minimum absolute atomic E-state index is 0.335. The van der Waals surface area contributed by atoms with Crippen LogP contribution in [0, 0.1) is 22.7 Å². The van der Waals surface area contributed by atoms with Crippen LogP contribution in [0.25, 0.3) is 21.9 Å². The highest BCUT2D eigenvalue weighted by Crippen LogP contribution is 2.41. The van der Waals surface area contributed by atoms with Crippen molar-refractivity contribution in [2.24, 2.45) is 0 Å². The third kappa shape index (κ3) is 2.82. The summed E-state index contributed by atoms with van der Waals surface area (Å²) in [5.41, 5.74) is 11.8. The molecule has 1 aliphatic carbocycles. The summed E-state index contributed by atoms with van der Waals surface area (Å²) in [4.78, 5) is 0. The van der Waals surface area contributed by atoms with Gasteiger partial charge in [0.15, 0.2) is 0 Å². The number of nitrogens with two attached hydrogens (primary N) is 1. The van der Waals surface area contributed by atoms with Gasteiger partial charge in [-0.25, -0.2) is 0 Å². The van der Waals surface area contributed by atoms with E-state index < -0.39 is 0 Å². The van der Waals surface area contributed by atoms with E-state index in [0.717, 1.165) is 58.7 Å². The first kappa shape index (κ1) is 17.1. The fourth-order valence-corrected chi connectivity index (χ4v) is 4.37. The minimum atomic E-state index is 0.335. The van der Waals surface area contributed by atoms with Gasteiger partial charge < -0.3 is 5.73 Å². The number of benzene rings is 3. The quantitative estimate of drug-likeness (QED) is 0.589. The Kier molecular flexibility index (Phi) is 4.53. The van der Waals surface area contributed by atoms with Crippen LogP contribution in [0.1, 0.15) is 47.9 Å². The van der Waals surface area contributed by atoms with Gasteiger partial charge in [0.2, 0.25) is 0 Å². The fraction of sp³-hybridized carbons (Fsp3) is 0.250. The van der Waals surface area contributed by atoms with Crippen molar-refractivity contribution in [2.45, 2.75) is 38.5 Å². The zero-order chi connectivity index (χ0) is 18.8. The fourth-order valence-electron chi connectivity index (χ4n) is 4.37. The maximum Gasteiger partial charge on any atom is 0.102 e. The largest absolute Gasteiger partial charge is 0.397 e. The molecule has 0 bridgehead atoms. The molecule has 3 aromatic rings. The summed E-state index contributed by atoms with van der Waals surface area (Å²) >= 11 is 0. The lowest BCUT2D eigenvalue weighted by molar-refractivity contribution is 0.617. The van der Waals surface area contributed by atoms with Crippen molar-refractivity contribution in [2.75, 3.05) is 5.73 Å². The molecule has 0 saturated carbocycles. The highest BCUT2D eigenvalue weighted by Gasteiger charge is 2.24. The Hall–Kier alpha value is -3.30. The lowest BCUT2D eigenvalue weighted by Gasteiger charge is -2.23. The molecule has 27 heavy (non-hydrogen) atoms. The monoisotopic (exact) mass is 351 g/mol. The van der Waals surface area contributed by atoms with Gasteiger partial charge in [-0.15, -0.1) is 0 Å². The van der Waals surface area contributed by atoms with Gasteiger partial charge >= 0.3 is 0 Å². The third-order valence-electron chi connectivity index (χ3n) is 5.64. The van der Waals surface area contributed by atoms with E-state index >= 15 is 0 Å². The standard InChI is InChI=1S/C24H21N3/c25-14-21-18-11-3-1-2-4-12-20(18)23(22(15-26)24(21)27)19-13-7-9-16-8-5-6-10-17(16)19/h5-10,13H,1-4,11-12,27H2. The third-order valence-corrected chi connectivity index (χ3v) is 5.64. The van der Waals surface area contributed by atoms with Crippen LogP contribution in [0.4, 0.5) is 5.69 Å². The molecule has 0 saturated heterocycles. The summed E-state index contributed by atoms with van der Waals surface area (Å²) in [5, 5.41) is 21.9. The Morgan fingerprint density at radius 3 is 2.15 bits per heavy atom. The molecule has 3 aromatic carbocycles. The van der Waals surface area contributed by atoms with E-state index in [4.69, 9.17) is 5.73 Å². The van der Waals surface area contributed by atoms with Gasteiger partial charge in [-0.2, -0.15) is 10.5 Å². The Balaban J connectivity index is 2.14. The van der Waals surface area contributed by atoms with E-state index in [2.05, 4.69) is 36.4 Å². The summed E-state index contributed by atoms with van der Waals surface area (Å²) < 4.78 is 0. The van der Waals surface area contributed by atoms with E-state index in [-0.39, 0.29) is 0 Å². The average molecular weight is 351 g/mol. The van der Waals surface area contributed by atoms with Crippen molar-refractivity contribution in [1.29, 1.82) is 10.5 Å². The normalized spacial score (nSPS) is 13.9. The first-order valence-corrected chi connectivity index (χ1v) is 9.51. The zero-order valence-corrected chi connectivity index (χ0v) is 15.3. The topological polar surface area (TPSA) is 73.6 Å². The van der Waals surface area contributed by atoms with Crippen LogP contribution >= 0.6 is 0 Å². The molecule has 1 aliphatic rings. The number of hydrogen-bond acceptors (Lipinski definition) is 3. The molecule has 132 valence electrons. The van der Waals surface area contributed by atoms with Gasteiger partial charge in [-0.3, -0.25) is 0 Å². The van der Waals surface area contributed by atoms with Crippen molar-refractivity contribution < 1.29 is 0 Å². The van der Waals surface area contributed by atoms with Gasteiger partial charge in [0.25, 0.3) is 0 Å². The van der Waals surface area contributed by atoms with Crippen LogP contribution in [-0.2, 0) is 12.8 Å². The van der Waals surface area contributed by atoms with Gasteiger partial charge in [-0.1, -0.05) is 55.3 Å². The van der Waals surface area contributed by atoms with Crippen LogP contribution in [0.5, 0.6) is 0 Å². The van der Waals surface area contributed by atoms with Gasteiger partial charge in [0.1, 0.15) is 12.1 Å². The van der Waals surface area contributed by atoms with Crippen molar-refractivity contribution >= 4 is 16.5 Å². The molecule has 2 N–H and O–H groups in total. The molecule has 3 nitrogen and oxygen atoms in total. The molecule has 0 spiro atoms. The first-order valence-electron chi connectivity index (χ1n) is 9.51. The average Bonchev–Trinajstić information content (AvgIpc) is 2.68. The number of hydrogen-bond donors (Lipinski definition) is 1. The second-order valence-corrected chi connectivity index (χ2v) is 7.16. The van der Waals surface area contributed by atoms with Crippen molar-refractivity contribution in [3.63, 3.8) is 0 Å². The summed E-state index contributed by atoms with van der Waals surface area (Å²) in [7, 11) is 0. The smallest absolute Gasteiger partial charge is 0.102 e. The van der Waals surface area contributed by atoms with E-state index in [1.807, 2.05) is 18.2 Å². The molecule has 3 heteroatoms. The zero-order valence-electron chi connectivity index (χ0n) is 15.3. The molecule has 0 aromatic heterocycles. The molecule has 0 amide bonds. The SMILES string of the molecule is N#Cc1c(N)c(C#N)c(-c2cccc3ccccc23)c2c1CCCCCC2. The number of nitrogen functional groups attached to an aromatic ring is 1. The Labute approximate surface area is 159 Å². The lowest BCUT2D eigenvalue weighted by atomic mass is 9.80. The Morgan fingerprint density at radius 1 is 0.741 bits per heavy atom. The number of anilines is 1. The van der Waals surface area contributed by atoms with E-state index in [1.54, 1.807) is 0 Å². The summed E-state index contributed by atoms with van der Waals surface area (Å²) in [6, 6.07) is 19.0. The molecule has 0 atom stereocenters. The Morgan fingerprint density at radius 2 is 1.41 bits per heavy atom. The van der Waals surface area contributed by atoms with Gasteiger partial charge in [-0.05, 0) is 53.1 Å². The summed E-state index contributed by atoms with van der Waals surface area (Å²) in [6.45, 7) is 0.